The zero-order chi connectivity index (χ0) is 12.7. The molecule has 94 valence electrons. The summed E-state index contributed by atoms with van der Waals surface area (Å²) >= 11 is 0. The first-order chi connectivity index (χ1) is 7.78. The van der Waals surface area contributed by atoms with Crippen molar-refractivity contribution >= 4 is 5.69 Å². The zero-order valence-electron chi connectivity index (χ0n) is 10.9. The van der Waals surface area contributed by atoms with E-state index in [2.05, 4.69) is 33.0 Å². The molecule has 0 bridgehead atoms. The molecular formula is C14H21NO2. The molecule has 1 aromatic rings. The predicted molar refractivity (Wildman–Crippen MR) is 69.4 cm³/mol. The number of hydrogen-bond acceptors (Lipinski definition) is 3. The molecule has 1 aliphatic rings. The fourth-order valence-corrected chi connectivity index (χ4v) is 2.58. The van der Waals surface area contributed by atoms with Gasteiger partial charge in [-0.1, -0.05) is 6.07 Å². The molecule has 1 fully saturated rings. The van der Waals surface area contributed by atoms with E-state index in [1.807, 2.05) is 12.1 Å². The molecule has 1 atom stereocenters. The van der Waals surface area contributed by atoms with E-state index in [0.717, 1.165) is 12.1 Å². The molecule has 3 nitrogen and oxygen atoms in total. The molecule has 0 radical (unpaired) electrons. The van der Waals surface area contributed by atoms with Crippen LogP contribution in [0, 0.1) is 0 Å². The first-order valence-corrected chi connectivity index (χ1v) is 6.04. The van der Waals surface area contributed by atoms with Crippen LogP contribution in [0.5, 0.6) is 5.75 Å². The van der Waals surface area contributed by atoms with Crippen LogP contribution in [0.15, 0.2) is 24.3 Å². The smallest absolute Gasteiger partial charge is 0.117 e. The summed E-state index contributed by atoms with van der Waals surface area (Å²) in [6, 6.07) is 7.46. The van der Waals surface area contributed by atoms with Gasteiger partial charge in [0.15, 0.2) is 0 Å². The molecular weight excluding hydrogens is 214 g/mol. The fraction of sp³-hybridized carbons (Fsp3) is 0.571. The molecule has 0 aliphatic carbocycles. The van der Waals surface area contributed by atoms with E-state index < -0.39 is 0 Å². The maximum absolute atomic E-state index is 9.45. The second-order valence-corrected chi connectivity index (χ2v) is 5.92. The Morgan fingerprint density at radius 1 is 1.29 bits per heavy atom. The Morgan fingerprint density at radius 3 is 2.53 bits per heavy atom. The Morgan fingerprint density at radius 2 is 2.00 bits per heavy atom. The van der Waals surface area contributed by atoms with Crippen LogP contribution in [-0.2, 0) is 4.74 Å². The van der Waals surface area contributed by atoms with Gasteiger partial charge in [-0.25, -0.2) is 0 Å². The largest absolute Gasteiger partial charge is 0.508 e. The third-order valence-corrected chi connectivity index (χ3v) is 3.26. The Balaban J connectivity index is 2.14. The number of aromatic hydroxyl groups is 1. The lowest BCUT2D eigenvalue weighted by atomic mass is 9.94. The van der Waals surface area contributed by atoms with E-state index >= 15 is 0 Å². The Bertz CT molecular complexity index is 412. The Hall–Kier alpha value is -1.22. The van der Waals surface area contributed by atoms with Crippen LogP contribution in [-0.4, -0.2) is 22.4 Å². The average Bonchev–Trinajstić information content (AvgIpc) is 2.34. The van der Waals surface area contributed by atoms with Gasteiger partial charge >= 0.3 is 0 Å². The molecule has 2 rings (SSSR count). The molecule has 0 saturated carbocycles. The van der Waals surface area contributed by atoms with Crippen LogP contribution in [0.3, 0.4) is 0 Å². The molecule has 1 unspecified atom stereocenters. The van der Waals surface area contributed by atoms with Gasteiger partial charge in [-0.3, -0.25) is 0 Å². The van der Waals surface area contributed by atoms with Gasteiger partial charge in [-0.2, -0.15) is 0 Å². The van der Waals surface area contributed by atoms with Crippen LogP contribution in [0.1, 0.15) is 34.1 Å². The van der Waals surface area contributed by atoms with Crippen LogP contribution in [0.2, 0.25) is 0 Å². The van der Waals surface area contributed by atoms with E-state index in [1.165, 1.54) is 0 Å². The number of benzene rings is 1. The van der Waals surface area contributed by atoms with E-state index in [4.69, 9.17) is 4.74 Å². The number of phenols is 1. The highest BCUT2D eigenvalue weighted by Gasteiger charge is 2.45. The van der Waals surface area contributed by atoms with Gasteiger partial charge in [0.1, 0.15) is 5.75 Å². The predicted octanol–water partition coefficient (Wildman–Crippen LogP) is 3.15. The Kier molecular flexibility index (Phi) is 2.82. The summed E-state index contributed by atoms with van der Waals surface area (Å²) in [5.41, 5.74) is 0.636. The highest BCUT2D eigenvalue weighted by molar-refractivity contribution is 5.49. The summed E-state index contributed by atoms with van der Waals surface area (Å²) in [6.07, 6.45) is 0.954. The normalized spacial score (nSPS) is 25.8. The highest BCUT2D eigenvalue weighted by atomic mass is 16.5. The van der Waals surface area contributed by atoms with Gasteiger partial charge in [0.05, 0.1) is 17.2 Å². The van der Waals surface area contributed by atoms with Crippen LogP contribution in [0.25, 0.3) is 0 Å². The lowest BCUT2D eigenvalue weighted by Gasteiger charge is -2.28. The van der Waals surface area contributed by atoms with Crippen LogP contribution >= 0.6 is 0 Å². The van der Waals surface area contributed by atoms with Gasteiger partial charge in [0.2, 0.25) is 0 Å². The maximum atomic E-state index is 9.45. The monoisotopic (exact) mass is 235 g/mol. The molecule has 0 amide bonds. The van der Waals surface area contributed by atoms with Crippen molar-refractivity contribution in [1.82, 2.24) is 0 Å². The summed E-state index contributed by atoms with van der Waals surface area (Å²) in [7, 11) is 0. The van der Waals surface area contributed by atoms with Gasteiger partial charge in [-0.15, -0.1) is 0 Å². The molecule has 1 aliphatic heterocycles. The zero-order valence-corrected chi connectivity index (χ0v) is 10.9. The number of nitrogens with one attached hydrogen (secondary N) is 1. The first kappa shape index (κ1) is 12.2. The fourth-order valence-electron chi connectivity index (χ4n) is 2.58. The van der Waals surface area contributed by atoms with Crippen molar-refractivity contribution in [3.63, 3.8) is 0 Å². The topological polar surface area (TPSA) is 41.5 Å². The van der Waals surface area contributed by atoms with Crippen molar-refractivity contribution in [2.45, 2.75) is 51.4 Å². The van der Waals surface area contributed by atoms with Crippen molar-refractivity contribution in [1.29, 1.82) is 0 Å². The lowest BCUT2D eigenvalue weighted by Crippen LogP contribution is -2.38. The standard InChI is InChI=1S/C14H21NO2/c1-13(2)9-12(14(3,4)17-13)15-10-6-5-7-11(16)8-10/h5-8,12,15-16H,9H2,1-4H3. The van der Waals surface area contributed by atoms with Crippen molar-refractivity contribution in [2.24, 2.45) is 0 Å². The van der Waals surface area contributed by atoms with Crippen LogP contribution < -0.4 is 5.32 Å². The van der Waals surface area contributed by atoms with Gasteiger partial charge in [0, 0.05) is 11.8 Å². The minimum atomic E-state index is -0.199. The summed E-state index contributed by atoms with van der Waals surface area (Å²) in [5, 5.41) is 12.9. The maximum Gasteiger partial charge on any atom is 0.117 e. The lowest BCUT2D eigenvalue weighted by molar-refractivity contribution is -0.0662. The summed E-state index contributed by atoms with van der Waals surface area (Å²) in [4.78, 5) is 0. The van der Waals surface area contributed by atoms with Crippen molar-refractivity contribution in [2.75, 3.05) is 5.32 Å². The van der Waals surface area contributed by atoms with Crippen molar-refractivity contribution in [3.05, 3.63) is 24.3 Å². The minimum absolute atomic E-state index is 0.0992. The second-order valence-electron chi connectivity index (χ2n) is 5.92. The minimum Gasteiger partial charge on any atom is -0.508 e. The third kappa shape index (κ3) is 2.72. The molecule has 0 aromatic heterocycles. The van der Waals surface area contributed by atoms with Gasteiger partial charge in [-0.05, 0) is 46.2 Å². The average molecular weight is 235 g/mol. The van der Waals surface area contributed by atoms with Gasteiger partial charge in [0.25, 0.3) is 0 Å². The molecule has 2 N–H and O–H groups in total. The number of phenolic OH excluding ortho intramolecular Hbond substituents is 1. The number of ether oxygens (including phenoxy) is 1. The van der Waals surface area contributed by atoms with E-state index in [1.54, 1.807) is 12.1 Å². The SMILES string of the molecule is CC1(C)CC(Nc2cccc(O)c2)C(C)(C)O1. The molecule has 3 heteroatoms. The summed E-state index contributed by atoms with van der Waals surface area (Å²) in [5.74, 6) is 0.283. The van der Waals surface area contributed by atoms with E-state index in [0.29, 0.717) is 0 Å². The molecule has 0 spiro atoms. The number of rotatable bonds is 2. The second kappa shape index (κ2) is 3.91. The quantitative estimate of drug-likeness (QED) is 0.827. The number of hydrogen-bond donors (Lipinski definition) is 2. The van der Waals surface area contributed by atoms with Crippen molar-refractivity contribution < 1.29 is 9.84 Å². The highest BCUT2D eigenvalue weighted by Crippen LogP contribution is 2.38. The van der Waals surface area contributed by atoms with Crippen molar-refractivity contribution in [3.8, 4) is 5.75 Å². The molecule has 1 aromatic carbocycles. The van der Waals surface area contributed by atoms with Crippen LogP contribution in [0.4, 0.5) is 5.69 Å². The molecule has 1 saturated heterocycles. The number of anilines is 1. The summed E-state index contributed by atoms with van der Waals surface area (Å²) < 4.78 is 6.03. The van der Waals surface area contributed by atoms with Gasteiger partial charge < -0.3 is 15.2 Å². The molecule has 17 heavy (non-hydrogen) atoms. The Labute approximate surface area is 103 Å². The first-order valence-electron chi connectivity index (χ1n) is 6.04. The third-order valence-electron chi connectivity index (χ3n) is 3.26. The van der Waals surface area contributed by atoms with E-state index in [-0.39, 0.29) is 23.0 Å². The summed E-state index contributed by atoms with van der Waals surface area (Å²) in [6.45, 7) is 8.42. The molecule has 1 heterocycles. The van der Waals surface area contributed by atoms with E-state index in [9.17, 15) is 5.11 Å².